The minimum atomic E-state index is 0.565. The van der Waals surface area contributed by atoms with Gasteiger partial charge in [0, 0.05) is 37.8 Å². The fourth-order valence-corrected chi connectivity index (χ4v) is 4.23. The first-order chi connectivity index (χ1) is 14.2. The molecule has 0 spiro atoms. The van der Waals surface area contributed by atoms with Gasteiger partial charge in [0.05, 0.1) is 21.8 Å². The van der Waals surface area contributed by atoms with Crippen LogP contribution >= 0.6 is 11.3 Å². The van der Waals surface area contributed by atoms with Crippen LogP contribution in [-0.2, 0) is 6.54 Å². The Morgan fingerprint density at radius 1 is 1.03 bits per heavy atom. The molecule has 0 unspecified atom stereocenters. The first kappa shape index (κ1) is 18.2. The van der Waals surface area contributed by atoms with Gasteiger partial charge in [-0.05, 0) is 31.2 Å². The molecule has 2 aromatic carbocycles. The number of aromatic nitrogens is 3. The van der Waals surface area contributed by atoms with Crippen LogP contribution in [0.5, 0.6) is 5.75 Å². The highest BCUT2D eigenvalue weighted by molar-refractivity contribution is 7.18. The van der Waals surface area contributed by atoms with Crippen molar-refractivity contribution in [3.8, 4) is 17.2 Å². The van der Waals surface area contributed by atoms with Gasteiger partial charge in [0.2, 0.25) is 0 Å². The smallest absolute Gasteiger partial charge is 0.257 e. The second-order valence-electron chi connectivity index (χ2n) is 7.04. The molecule has 7 nitrogen and oxygen atoms in total. The number of hydroxylamine groups is 2. The molecule has 5 rings (SSSR count). The number of nitrogens with zero attached hydrogens (tertiary/aromatic N) is 5. The summed E-state index contributed by atoms with van der Waals surface area (Å²) in [6.45, 7) is 6.10. The van der Waals surface area contributed by atoms with Gasteiger partial charge >= 0.3 is 0 Å². The number of hydrogen-bond acceptors (Lipinski definition) is 8. The lowest BCUT2D eigenvalue weighted by molar-refractivity contribution is -0.0898. The standard InChI is InChI=1S/C21H21N5O2S/c1-15-22-18-13-17(7-8-19(18)29-15)28-26-11-9-25(10-12-26)14-20-23-21(27-24-20)16-5-3-2-4-6-16/h2-8,13H,9-12,14H2,1H3. The minimum Gasteiger partial charge on any atom is -0.406 e. The van der Waals surface area contributed by atoms with Crippen LogP contribution in [0.25, 0.3) is 21.7 Å². The van der Waals surface area contributed by atoms with Gasteiger partial charge < -0.3 is 9.36 Å². The maximum absolute atomic E-state index is 6.05. The van der Waals surface area contributed by atoms with E-state index in [0.717, 1.165) is 48.0 Å². The lowest BCUT2D eigenvalue weighted by Crippen LogP contribution is -2.47. The van der Waals surface area contributed by atoms with Crippen molar-refractivity contribution < 1.29 is 9.36 Å². The predicted octanol–water partition coefficient (Wildman–Crippen LogP) is 3.77. The van der Waals surface area contributed by atoms with E-state index in [1.165, 1.54) is 4.70 Å². The van der Waals surface area contributed by atoms with Crippen LogP contribution in [0.4, 0.5) is 0 Å². The van der Waals surface area contributed by atoms with Gasteiger partial charge in [-0.1, -0.05) is 23.4 Å². The van der Waals surface area contributed by atoms with Crippen LogP contribution in [0.2, 0.25) is 0 Å². The summed E-state index contributed by atoms with van der Waals surface area (Å²) in [6.07, 6.45) is 0. The molecule has 0 N–H and O–H groups in total. The van der Waals surface area contributed by atoms with E-state index >= 15 is 0 Å². The van der Waals surface area contributed by atoms with E-state index in [1.807, 2.05) is 54.5 Å². The molecule has 0 atom stereocenters. The van der Waals surface area contributed by atoms with Crippen LogP contribution in [0.1, 0.15) is 10.8 Å². The molecule has 8 heteroatoms. The Bertz CT molecular complexity index is 1100. The zero-order valence-electron chi connectivity index (χ0n) is 16.1. The minimum absolute atomic E-state index is 0.565. The Labute approximate surface area is 172 Å². The molecular weight excluding hydrogens is 386 g/mol. The Balaban J connectivity index is 1.16. The molecule has 0 amide bonds. The Hall–Kier alpha value is -2.81. The van der Waals surface area contributed by atoms with Crippen molar-refractivity contribution >= 4 is 21.6 Å². The summed E-state index contributed by atoms with van der Waals surface area (Å²) in [5.41, 5.74) is 1.94. The third-order valence-corrected chi connectivity index (χ3v) is 5.84. The normalized spacial score (nSPS) is 15.8. The number of benzene rings is 2. The highest BCUT2D eigenvalue weighted by Gasteiger charge is 2.20. The summed E-state index contributed by atoms with van der Waals surface area (Å²) >= 11 is 1.70. The molecule has 1 aliphatic rings. The second kappa shape index (κ2) is 7.90. The van der Waals surface area contributed by atoms with Crippen LogP contribution < -0.4 is 4.84 Å². The van der Waals surface area contributed by atoms with E-state index in [9.17, 15) is 0 Å². The van der Waals surface area contributed by atoms with Gasteiger partial charge in [-0.2, -0.15) is 4.98 Å². The summed E-state index contributed by atoms with van der Waals surface area (Å²) in [4.78, 5) is 17.4. The third-order valence-electron chi connectivity index (χ3n) is 4.89. The molecule has 2 aromatic heterocycles. The first-order valence-corrected chi connectivity index (χ1v) is 10.4. The number of piperazine rings is 1. The quantitative estimate of drug-likeness (QED) is 0.499. The third kappa shape index (κ3) is 4.14. The fourth-order valence-electron chi connectivity index (χ4n) is 3.42. The molecule has 1 saturated heterocycles. The largest absolute Gasteiger partial charge is 0.406 e. The van der Waals surface area contributed by atoms with E-state index in [1.54, 1.807) is 11.3 Å². The molecule has 0 aliphatic carbocycles. The number of rotatable bonds is 5. The van der Waals surface area contributed by atoms with Crippen molar-refractivity contribution in [2.45, 2.75) is 13.5 Å². The number of fused-ring (bicyclic) bond motifs is 1. The Morgan fingerprint density at radius 2 is 1.86 bits per heavy atom. The fraction of sp³-hybridized carbons (Fsp3) is 0.286. The molecule has 0 saturated carbocycles. The second-order valence-corrected chi connectivity index (χ2v) is 8.28. The van der Waals surface area contributed by atoms with Gasteiger partial charge in [-0.3, -0.25) is 4.90 Å². The van der Waals surface area contributed by atoms with Crippen molar-refractivity contribution in [2.75, 3.05) is 26.2 Å². The van der Waals surface area contributed by atoms with Crippen LogP contribution in [-0.4, -0.2) is 51.3 Å². The summed E-state index contributed by atoms with van der Waals surface area (Å²) in [7, 11) is 0. The van der Waals surface area contributed by atoms with Crippen LogP contribution in [0.15, 0.2) is 53.1 Å². The summed E-state index contributed by atoms with van der Waals surface area (Å²) in [6, 6.07) is 15.9. The summed E-state index contributed by atoms with van der Waals surface area (Å²) in [5, 5.41) is 7.20. The number of thiazole rings is 1. The van der Waals surface area contributed by atoms with Crippen molar-refractivity contribution in [1.82, 2.24) is 25.1 Å². The van der Waals surface area contributed by atoms with Gasteiger partial charge in [0.1, 0.15) is 5.75 Å². The van der Waals surface area contributed by atoms with E-state index < -0.39 is 0 Å². The molecule has 0 bridgehead atoms. The van der Waals surface area contributed by atoms with E-state index in [2.05, 4.69) is 26.1 Å². The highest BCUT2D eigenvalue weighted by atomic mass is 32.1. The van der Waals surface area contributed by atoms with Gasteiger partial charge in [0.15, 0.2) is 5.82 Å². The van der Waals surface area contributed by atoms with E-state index in [-0.39, 0.29) is 0 Å². The van der Waals surface area contributed by atoms with Crippen molar-refractivity contribution in [3.05, 3.63) is 59.4 Å². The topological polar surface area (TPSA) is 67.5 Å². The lowest BCUT2D eigenvalue weighted by atomic mass is 10.2. The van der Waals surface area contributed by atoms with E-state index in [4.69, 9.17) is 9.36 Å². The molecular formula is C21H21N5O2S. The average molecular weight is 407 g/mol. The highest BCUT2D eigenvalue weighted by Crippen LogP contribution is 2.26. The summed E-state index contributed by atoms with van der Waals surface area (Å²) in [5.74, 6) is 2.11. The maximum Gasteiger partial charge on any atom is 0.257 e. The average Bonchev–Trinajstić information content (AvgIpc) is 3.35. The van der Waals surface area contributed by atoms with Gasteiger partial charge in [-0.25, -0.2) is 4.98 Å². The number of aryl methyl sites for hydroxylation is 1. The lowest BCUT2D eigenvalue weighted by Gasteiger charge is -2.33. The first-order valence-electron chi connectivity index (χ1n) is 9.63. The maximum atomic E-state index is 6.05. The zero-order chi connectivity index (χ0) is 19.6. The molecule has 1 fully saturated rings. The number of hydrogen-bond donors (Lipinski definition) is 0. The van der Waals surface area contributed by atoms with Gasteiger partial charge in [-0.15, -0.1) is 16.4 Å². The van der Waals surface area contributed by atoms with Crippen molar-refractivity contribution in [1.29, 1.82) is 0 Å². The van der Waals surface area contributed by atoms with Crippen molar-refractivity contribution in [3.63, 3.8) is 0 Å². The Kier molecular flexibility index (Phi) is 4.97. The van der Waals surface area contributed by atoms with Crippen LogP contribution in [0.3, 0.4) is 0 Å². The van der Waals surface area contributed by atoms with E-state index in [0.29, 0.717) is 18.3 Å². The molecule has 0 radical (unpaired) electrons. The molecule has 3 heterocycles. The molecule has 4 aromatic rings. The zero-order valence-corrected chi connectivity index (χ0v) is 16.9. The predicted molar refractivity (Wildman–Crippen MR) is 112 cm³/mol. The Morgan fingerprint density at radius 3 is 2.69 bits per heavy atom. The van der Waals surface area contributed by atoms with Gasteiger partial charge in [0.25, 0.3) is 5.89 Å². The molecule has 29 heavy (non-hydrogen) atoms. The van der Waals surface area contributed by atoms with Crippen LogP contribution in [0, 0.1) is 6.92 Å². The summed E-state index contributed by atoms with van der Waals surface area (Å²) < 4.78 is 6.59. The SMILES string of the molecule is Cc1nc2cc(ON3CCN(Cc4noc(-c5ccccc5)n4)CC3)ccc2s1. The monoisotopic (exact) mass is 407 g/mol. The molecule has 1 aliphatic heterocycles. The van der Waals surface area contributed by atoms with Crippen molar-refractivity contribution in [2.24, 2.45) is 0 Å². The molecule has 148 valence electrons.